The van der Waals surface area contributed by atoms with Crippen molar-refractivity contribution in [3.8, 4) is 0 Å². The lowest BCUT2D eigenvalue weighted by Crippen LogP contribution is -2.70. The number of nitrogens with one attached hydrogen (secondary N) is 1. The average molecular weight is 283 g/mol. The first-order chi connectivity index (χ1) is 9.23. The van der Waals surface area contributed by atoms with Crippen LogP contribution in [0.5, 0.6) is 0 Å². The van der Waals surface area contributed by atoms with Crippen molar-refractivity contribution in [2.45, 2.75) is 45.3 Å². The van der Waals surface area contributed by atoms with E-state index in [0.717, 1.165) is 0 Å². The smallest absolute Gasteiger partial charge is 0.469 e. The van der Waals surface area contributed by atoms with E-state index in [1.54, 1.807) is 6.21 Å². The summed E-state index contributed by atoms with van der Waals surface area (Å²) in [6.07, 6.45) is 3.42. The van der Waals surface area contributed by atoms with Crippen LogP contribution < -0.4 is 10.7 Å². The molecule has 1 aliphatic rings. The van der Waals surface area contributed by atoms with Crippen LogP contribution in [-0.2, 0) is 18.8 Å². The second-order valence-corrected chi connectivity index (χ2v) is 5.68. The number of carbonyl (C=O) groups excluding carboxylic acids is 1. The Balaban J connectivity index is 2.61. The largest absolute Gasteiger partial charge is 0.502 e. The molecule has 6 nitrogen and oxygen atoms in total. The number of hydrogen-bond donors (Lipinski definition) is 2. The van der Waals surface area contributed by atoms with E-state index in [4.69, 9.17) is 15.0 Å². The Morgan fingerprint density at radius 3 is 2.30 bits per heavy atom. The van der Waals surface area contributed by atoms with Crippen molar-refractivity contribution in [2.24, 2.45) is 5.73 Å². The van der Waals surface area contributed by atoms with Crippen LogP contribution in [0, 0.1) is 0 Å². The molecule has 1 aliphatic heterocycles. The van der Waals surface area contributed by atoms with Gasteiger partial charge in [-0.2, -0.15) is 0 Å². The Bertz CT molecular complexity index is 403. The molecular formula is C13H24BN2O4+. The van der Waals surface area contributed by atoms with Crippen molar-refractivity contribution in [2.75, 3.05) is 13.7 Å². The van der Waals surface area contributed by atoms with E-state index in [1.807, 2.05) is 27.7 Å². The lowest BCUT2D eigenvalue weighted by atomic mass is 9.79. The summed E-state index contributed by atoms with van der Waals surface area (Å²) in [7, 11) is 0.845. The molecule has 1 saturated heterocycles. The Kier molecular flexibility index (Phi) is 5.36. The van der Waals surface area contributed by atoms with Gasteiger partial charge in [0.25, 0.3) is 0 Å². The molecule has 7 heteroatoms. The van der Waals surface area contributed by atoms with Gasteiger partial charge >= 0.3 is 13.1 Å². The molecule has 112 valence electrons. The zero-order chi connectivity index (χ0) is 15.4. The predicted molar refractivity (Wildman–Crippen MR) is 76.9 cm³/mol. The fourth-order valence-electron chi connectivity index (χ4n) is 1.64. The molecule has 0 bridgehead atoms. The molecule has 1 rings (SSSR count). The highest BCUT2D eigenvalue weighted by Gasteiger charge is 2.52. The summed E-state index contributed by atoms with van der Waals surface area (Å²) in [5, 5.41) is 0. The zero-order valence-electron chi connectivity index (χ0n) is 12.9. The molecule has 0 aromatic heterocycles. The van der Waals surface area contributed by atoms with Crippen LogP contribution in [0.1, 0.15) is 34.1 Å². The second-order valence-electron chi connectivity index (χ2n) is 5.68. The summed E-state index contributed by atoms with van der Waals surface area (Å²) in [5.41, 5.74) is 5.48. The third-order valence-corrected chi connectivity index (χ3v) is 3.69. The Morgan fingerprint density at radius 1 is 1.30 bits per heavy atom. The molecule has 0 amide bonds. The molecule has 1 fully saturated rings. The number of allylic oxidation sites excluding steroid dienone is 1. The number of esters is 1. The number of carbonyl (C=O) groups is 1. The molecule has 3 N–H and O–H groups in total. The number of nitrogens with two attached hydrogens (primary N) is 1. The number of methoxy groups -OCH3 is 1. The van der Waals surface area contributed by atoms with E-state index in [2.05, 4.69) is 9.73 Å². The van der Waals surface area contributed by atoms with Crippen molar-refractivity contribution in [1.29, 1.82) is 0 Å². The number of ether oxygens (including phenoxy) is 1. The van der Waals surface area contributed by atoms with Gasteiger partial charge in [-0.25, -0.2) is 4.99 Å². The quantitative estimate of drug-likeness (QED) is 0.391. The Morgan fingerprint density at radius 2 is 1.85 bits per heavy atom. The second kappa shape index (κ2) is 6.41. The maximum absolute atomic E-state index is 11.0. The van der Waals surface area contributed by atoms with E-state index >= 15 is 0 Å². The van der Waals surface area contributed by atoms with Crippen molar-refractivity contribution in [3.63, 3.8) is 0 Å². The summed E-state index contributed by atoms with van der Waals surface area (Å²) >= 11 is 0. The lowest BCUT2D eigenvalue weighted by Gasteiger charge is -2.32. The summed E-state index contributed by atoms with van der Waals surface area (Å²) in [5.74, 6) is -0.264. The van der Waals surface area contributed by atoms with Crippen LogP contribution in [0.4, 0.5) is 0 Å². The Labute approximate surface area is 120 Å². The first-order valence-corrected chi connectivity index (χ1v) is 6.64. The van der Waals surface area contributed by atoms with Gasteiger partial charge < -0.3 is 19.8 Å². The maximum atomic E-state index is 11.0. The number of rotatable bonds is 5. The molecular weight excluding hydrogens is 259 g/mol. The van der Waals surface area contributed by atoms with Gasteiger partial charge in [0.05, 0.1) is 23.8 Å². The summed E-state index contributed by atoms with van der Waals surface area (Å²) in [6.45, 7) is 8.37. The van der Waals surface area contributed by atoms with Crippen molar-refractivity contribution < 1.29 is 23.8 Å². The molecule has 20 heavy (non-hydrogen) atoms. The van der Waals surface area contributed by atoms with Gasteiger partial charge in [-0.15, -0.1) is 0 Å². The van der Waals surface area contributed by atoms with Gasteiger partial charge in [0, 0.05) is 0 Å². The third kappa shape index (κ3) is 3.83. The van der Waals surface area contributed by atoms with E-state index in [-0.39, 0.29) is 12.4 Å². The minimum Gasteiger partial charge on any atom is -0.469 e. The van der Waals surface area contributed by atoms with Gasteiger partial charge in [-0.05, 0) is 33.9 Å². The standard InChI is InChI=1S/C13H23BN2O4/c1-12(2)13(3,4)20-14(19-12)10(8-15)9-16-7-6-11(17)18-5/h8-9H,6-7,15H2,1-5H3/p+1. The molecule has 0 radical (unpaired) electrons. The normalized spacial score (nSPS) is 21.4. The molecule has 0 unspecified atom stereocenters. The van der Waals surface area contributed by atoms with Gasteiger partial charge in [-0.1, -0.05) is 0 Å². The first-order valence-electron chi connectivity index (χ1n) is 6.64. The van der Waals surface area contributed by atoms with Crippen LogP contribution in [0.15, 0.2) is 11.7 Å². The van der Waals surface area contributed by atoms with Crippen LogP contribution >= 0.6 is 0 Å². The number of hydrogen-bond acceptors (Lipinski definition) is 5. The highest BCUT2D eigenvalue weighted by molar-refractivity contribution is 6.60. The Hall–Kier alpha value is -1.34. The molecule has 0 saturated carbocycles. The lowest BCUT2D eigenvalue weighted by molar-refractivity contribution is -0.450. The topological polar surface area (TPSA) is 84.8 Å². The highest BCUT2D eigenvalue weighted by atomic mass is 16.7. The van der Waals surface area contributed by atoms with E-state index < -0.39 is 18.3 Å². The van der Waals surface area contributed by atoms with E-state index in [0.29, 0.717) is 12.0 Å². The molecule has 0 spiro atoms. The van der Waals surface area contributed by atoms with Gasteiger partial charge in [-0.3, -0.25) is 4.79 Å². The van der Waals surface area contributed by atoms with Crippen LogP contribution in [0.2, 0.25) is 0 Å². The SMILES string of the molecule is COC(=O)CC[NH+]=CC(=CN)B1OC(C)(C)C(C)(C)O1. The average Bonchev–Trinajstić information content (AvgIpc) is 2.58. The van der Waals surface area contributed by atoms with Gasteiger partial charge in [0.15, 0.2) is 12.8 Å². The van der Waals surface area contributed by atoms with Crippen molar-refractivity contribution in [3.05, 3.63) is 11.7 Å². The van der Waals surface area contributed by atoms with Crippen LogP contribution in [0.25, 0.3) is 0 Å². The molecule has 1 heterocycles. The fourth-order valence-corrected chi connectivity index (χ4v) is 1.64. The summed E-state index contributed by atoms with van der Waals surface area (Å²) < 4.78 is 16.3. The van der Waals surface area contributed by atoms with Crippen LogP contribution in [0.3, 0.4) is 0 Å². The van der Waals surface area contributed by atoms with Gasteiger partial charge in [0.1, 0.15) is 6.42 Å². The van der Waals surface area contributed by atoms with Gasteiger partial charge in [0.2, 0.25) is 0 Å². The highest BCUT2D eigenvalue weighted by Crippen LogP contribution is 2.37. The van der Waals surface area contributed by atoms with E-state index in [9.17, 15) is 4.79 Å². The summed E-state index contributed by atoms with van der Waals surface area (Å²) in [6, 6.07) is 0. The minimum absolute atomic E-state index is 0.264. The zero-order valence-corrected chi connectivity index (χ0v) is 12.9. The minimum atomic E-state index is -0.518. The first kappa shape index (κ1) is 16.7. The van der Waals surface area contributed by atoms with Crippen molar-refractivity contribution in [1.82, 2.24) is 0 Å². The summed E-state index contributed by atoms with van der Waals surface area (Å²) in [4.78, 5) is 14.0. The van der Waals surface area contributed by atoms with Crippen LogP contribution in [-0.4, -0.2) is 44.2 Å². The monoisotopic (exact) mass is 283 g/mol. The molecule has 0 aromatic carbocycles. The third-order valence-electron chi connectivity index (χ3n) is 3.69. The molecule has 0 atom stereocenters. The molecule has 0 aromatic rings. The molecule has 0 aliphatic carbocycles. The predicted octanol–water partition coefficient (Wildman–Crippen LogP) is -0.825. The van der Waals surface area contributed by atoms with E-state index in [1.165, 1.54) is 13.3 Å². The fraction of sp³-hybridized carbons (Fsp3) is 0.692. The van der Waals surface area contributed by atoms with Crippen molar-refractivity contribution >= 4 is 19.3 Å². The maximum Gasteiger partial charge on any atom is 0.502 e.